The van der Waals surface area contributed by atoms with Gasteiger partial charge in [-0.2, -0.15) is 0 Å². The maximum atomic E-state index is 6.27. The second-order valence-electron chi connectivity index (χ2n) is 6.66. The topological polar surface area (TPSA) is 12.0 Å². The van der Waals surface area contributed by atoms with Crippen LogP contribution in [-0.2, 0) is 0 Å². The lowest BCUT2D eigenvalue weighted by molar-refractivity contribution is 0.212. The Labute approximate surface area is 136 Å². The molecule has 3 heteroatoms. The van der Waals surface area contributed by atoms with Gasteiger partial charge in [-0.3, -0.25) is 0 Å². The van der Waals surface area contributed by atoms with E-state index in [1.807, 2.05) is 6.92 Å². The first kappa shape index (κ1) is 16.2. The summed E-state index contributed by atoms with van der Waals surface area (Å²) in [6, 6.07) is 4.70. The zero-order chi connectivity index (χ0) is 14.9. The fourth-order valence-electron chi connectivity index (χ4n) is 3.32. The van der Waals surface area contributed by atoms with Crippen LogP contribution >= 0.6 is 27.5 Å². The SMILES string of the molecule is Cc1cc(Br)c(NC2CC(C)CCC2C(C)C)cc1Cl. The summed E-state index contributed by atoms with van der Waals surface area (Å²) in [5.41, 5.74) is 2.24. The molecule has 1 aliphatic rings. The molecule has 0 aromatic heterocycles. The number of rotatable bonds is 3. The number of hydrogen-bond donors (Lipinski definition) is 1. The molecule has 0 aliphatic heterocycles. The van der Waals surface area contributed by atoms with E-state index in [2.05, 4.69) is 54.2 Å². The van der Waals surface area contributed by atoms with Gasteiger partial charge in [-0.05, 0) is 71.1 Å². The molecule has 1 aliphatic carbocycles. The zero-order valence-corrected chi connectivity index (χ0v) is 15.2. The van der Waals surface area contributed by atoms with Crippen molar-refractivity contribution in [2.75, 3.05) is 5.32 Å². The Hall–Kier alpha value is -0.210. The molecule has 1 fully saturated rings. The first-order valence-corrected chi connectivity index (χ1v) is 8.77. The summed E-state index contributed by atoms with van der Waals surface area (Å²) in [6.07, 6.45) is 3.94. The van der Waals surface area contributed by atoms with Crippen LogP contribution in [0.25, 0.3) is 0 Å². The quantitative estimate of drug-likeness (QED) is 0.670. The number of halogens is 2. The average molecular weight is 359 g/mol. The second-order valence-corrected chi connectivity index (χ2v) is 7.92. The highest BCUT2D eigenvalue weighted by atomic mass is 79.9. The molecule has 1 aromatic rings. The van der Waals surface area contributed by atoms with Crippen molar-refractivity contribution in [3.8, 4) is 0 Å². The van der Waals surface area contributed by atoms with Crippen LogP contribution in [0.2, 0.25) is 5.02 Å². The molecule has 1 N–H and O–H groups in total. The molecule has 1 nitrogen and oxygen atoms in total. The highest BCUT2D eigenvalue weighted by molar-refractivity contribution is 9.10. The Morgan fingerprint density at radius 1 is 1.30 bits per heavy atom. The van der Waals surface area contributed by atoms with Gasteiger partial charge in [0.2, 0.25) is 0 Å². The lowest BCUT2D eigenvalue weighted by Crippen LogP contribution is -2.37. The zero-order valence-electron chi connectivity index (χ0n) is 12.8. The predicted octanol–water partition coefficient (Wildman–Crippen LogP) is 6.28. The van der Waals surface area contributed by atoms with Crippen molar-refractivity contribution in [1.29, 1.82) is 0 Å². The molecule has 0 spiro atoms. The number of nitrogens with one attached hydrogen (secondary N) is 1. The molecular formula is C17H25BrClN. The summed E-state index contributed by atoms with van der Waals surface area (Å²) in [7, 11) is 0. The molecule has 112 valence electrons. The highest BCUT2D eigenvalue weighted by Gasteiger charge is 2.30. The van der Waals surface area contributed by atoms with Gasteiger partial charge in [0, 0.05) is 15.5 Å². The van der Waals surface area contributed by atoms with Crippen LogP contribution in [0, 0.1) is 24.7 Å². The van der Waals surface area contributed by atoms with Crippen LogP contribution < -0.4 is 5.32 Å². The normalized spacial score (nSPS) is 26.9. The van der Waals surface area contributed by atoms with Gasteiger partial charge >= 0.3 is 0 Å². The van der Waals surface area contributed by atoms with E-state index in [4.69, 9.17) is 11.6 Å². The summed E-state index contributed by atoms with van der Waals surface area (Å²) in [5.74, 6) is 2.28. The first-order valence-electron chi connectivity index (χ1n) is 7.60. The van der Waals surface area contributed by atoms with Gasteiger partial charge in [0.15, 0.2) is 0 Å². The van der Waals surface area contributed by atoms with Gasteiger partial charge in [-0.1, -0.05) is 38.8 Å². The van der Waals surface area contributed by atoms with Crippen LogP contribution in [0.5, 0.6) is 0 Å². The molecule has 0 amide bonds. The molecule has 0 bridgehead atoms. The number of benzene rings is 1. The second kappa shape index (κ2) is 6.70. The molecule has 1 saturated carbocycles. The van der Waals surface area contributed by atoms with E-state index >= 15 is 0 Å². The number of hydrogen-bond acceptors (Lipinski definition) is 1. The standard InChI is InChI=1S/C17H25BrClN/c1-10(2)13-6-5-11(3)7-16(13)20-17-9-15(19)12(4)8-14(17)18/h8-11,13,16,20H,5-7H2,1-4H3. The molecule has 20 heavy (non-hydrogen) atoms. The molecule has 3 unspecified atom stereocenters. The van der Waals surface area contributed by atoms with Crippen molar-refractivity contribution in [3.05, 3.63) is 27.2 Å². The third-order valence-electron chi connectivity index (χ3n) is 4.61. The number of aryl methyl sites for hydroxylation is 1. The van der Waals surface area contributed by atoms with E-state index in [0.717, 1.165) is 38.5 Å². The monoisotopic (exact) mass is 357 g/mol. The highest BCUT2D eigenvalue weighted by Crippen LogP contribution is 2.37. The van der Waals surface area contributed by atoms with E-state index in [-0.39, 0.29) is 0 Å². The molecule has 1 aromatic carbocycles. The van der Waals surface area contributed by atoms with Gasteiger partial charge in [-0.15, -0.1) is 0 Å². The smallest absolute Gasteiger partial charge is 0.0502 e. The van der Waals surface area contributed by atoms with Crippen molar-refractivity contribution in [2.45, 2.75) is 53.0 Å². The van der Waals surface area contributed by atoms with E-state index in [9.17, 15) is 0 Å². The van der Waals surface area contributed by atoms with Crippen molar-refractivity contribution in [3.63, 3.8) is 0 Å². The largest absolute Gasteiger partial charge is 0.381 e. The van der Waals surface area contributed by atoms with E-state index < -0.39 is 0 Å². The Morgan fingerprint density at radius 3 is 2.65 bits per heavy atom. The Kier molecular flexibility index (Phi) is 5.42. The molecule has 0 radical (unpaired) electrons. The predicted molar refractivity (Wildman–Crippen MR) is 92.6 cm³/mol. The van der Waals surface area contributed by atoms with Gasteiger partial charge in [-0.25, -0.2) is 0 Å². The minimum Gasteiger partial charge on any atom is -0.381 e. The number of anilines is 1. The van der Waals surface area contributed by atoms with Gasteiger partial charge in [0.25, 0.3) is 0 Å². The molecule has 0 saturated heterocycles. The van der Waals surface area contributed by atoms with E-state index in [1.165, 1.54) is 19.3 Å². The molecule has 2 rings (SSSR count). The third kappa shape index (κ3) is 3.71. The van der Waals surface area contributed by atoms with Crippen molar-refractivity contribution >= 4 is 33.2 Å². The van der Waals surface area contributed by atoms with E-state index in [1.54, 1.807) is 0 Å². The van der Waals surface area contributed by atoms with Crippen LogP contribution in [0.4, 0.5) is 5.69 Å². The van der Waals surface area contributed by atoms with Crippen LogP contribution in [0.1, 0.15) is 45.6 Å². The van der Waals surface area contributed by atoms with E-state index in [0.29, 0.717) is 6.04 Å². The summed E-state index contributed by atoms with van der Waals surface area (Å²) >= 11 is 9.93. The Balaban J connectivity index is 2.20. The van der Waals surface area contributed by atoms with Crippen molar-refractivity contribution in [1.82, 2.24) is 0 Å². The van der Waals surface area contributed by atoms with Gasteiger partial charge < -0.3 is 5.32 Å². The van der Waals surface area contributed by atoms with Gasteiger partial charge in [0.1, 0.15) is 0 Å². The van der Waals surface area contributed by atoms with Crippen LogP contribution in [0.15, 0.2) is 16.6 Å². The van der Waals surface area contributed by atoms with Crippen LogP contribution in [-0.4, -0.2) is 6.04 Å². The maximum absolute atomic E-state index is 6.27. The summed E-state index contributed by atoms with van der Waals surface area (Å²) < 4.78 is 1.11. The molecule has 3 atom stereocenters. The summed E-state index contributed by atoms with van der Waals surface area (Å²) in [5, 5.41) is 4.58. The lowest BCUT2D eigenvalue weighted by atomic mass is 9.74. The van der Waals surface area contributed by atoms with Crippen molar-refractivity contribution in [2.24, 2.45) is 17.8 Å². The average Bonchev–Trinajstić information content (AvgIpc) is 2.35. The maximum Gasteiger partial charge on any atom is 0.0502 e. The summed E-state index contributed by atoms with van der Waals surface area (Å²) in [6.45, 7) is 9.08. The minimum atomic E-state index is 0.550. The Bertz CT molecular complexity index is 472. The minimum absolute atomic E-state index is 0.550. The van der Waals surface area contributed by atoms with Crippen molar-refractivity contribution < 1.29 is 0 Å². The fourth-order valence-corrected chi connectivity index (χ4v) is 4.06. The summed E-state index contributed by atoms with van der Waals surface area (Å²) in [4.78, 5) is 0. The van der Waals surface area contributed by atoms with Gasteiger partial charge in [0.05, 0.1) is 5.69 Å². The Morgan fingerprint density at radius 2 is 2.00 bits per heavy atom. The lowest BCUT2D eigenvalue weighted by Gasteiger charge is -2.38. The molecular weight excluding hydrogens is 334 g/mol. The third-order valence-corrected chi connectivity index (χ3v) is 5.67. The molecule has 0 heterocycles. The van der Waals surface area contributed by atoms with Crippen LogP contribution in [0.3, 0.4) is 0 Å². The first-order chi connectivity index (χ1) is 9.38. The fraction of sp³-hybridized carbons (Fsp3) is 0.647.